The van der Waals surface area contributed by atoms with Gasteiger partial charge in [0.05, 0.1) is 0 Å². The van der Waals surface area contributed by atoms with Crippen molar-refractivity contribution in [3.63, 3.8) is 0 Å². The Hall–Kier alpha value is -0.680. The summed E-state index contributed by atoms with van der Waals surface area (Å²) in [5.41, 5.74) is 0. The Kier molecular flexibility index (Phi) is 4.74. The highest BCUT2D eigenvalue weighted by atomic mass is 32.1. The van der Waals surface area contributed by atoms with Crippen molar-refractivity contribution in [2.75, 3.05) is 18.5 Å². The predicted octanol–water partition coefficient (Wildman–Crippen LogP) is 2.72. The van der Waals surface area contributed by atoms with E-state index in [9.17, 15) is 0 Å². The fourth-order valence-corrected chi connectivity index (χ4v) is 2.87. The summed E-state index contributed by atoms with van der Waals surface area (Å²) in [6, 6.07) is 0.460. The van der Waals surface area contributed by atoms with Gasteiger partial charge in [0.2, 0.25) is 5.13 Å². The third-order valence-electron chi connectivity index (χ3n) is 3.27. The van der Waals surface area contributed by atoms with Gasteiger partial charge in [-0.1, -0.05) is 6.92 Å². The largest absolute Gasteiger partial charge is 0.381 e. The molecule has 1 aliphatic rings. The number of nitrogens with zero attached hydrogens (tertiary/aromatic N) is 2. The Morgan fingerprint density at radius 3 is 2.94 bits per heavy atom. The Balaban J connectivity index is 1.85. The van der Waals surface area contributed by atoms with Crippen molar-refractivity contribution in [2.24, 2.45) is 5.92 Å². The molecule has 0 saturated carbocycles. The van der Waals surface area contributed by atoms with Gasteiger partial charge in [-0.2, -0.15) is 4.37 Å². The van der Waals surface area contributed by atoms with Crippen molar-refractivity contribution in [1.82, 2.24) is 9.36 Å². The highest BCUT2D eigenvalue weighted by Gasteiger charge is 2.21. The second-order valence-electron chi connectivity index (χ2n) is 4.65. The SMILES string of the molecule is CCCc1nsc(NC(C)C2CCOCC2)n1. The maximum Gasteiger partial charge on any atom is 0.202 e. The molecule has 0 spiro atoms. The normalized spacial score (nSPS) is 19.2. The number of anilines is 1. The van der Waals surface area contributed by atoms with E-state index < -0.39 is 0 Å². The third kappa shape index (κ3) is 3.64. The summed E-state index contributed by atoms with van der Waals surface area (Å²) in [5.74, 6) is 1.67. The Labute approximate surface area is 107 Å². The lowest BCUT2D eigenvalue weighted by Crippen LogP contribution is -2.30. The average molecular weight is 255 g/mol. The van der Waals surface area contributed by atoms with E-state index in [2.05, 4.69) is 28.5 Å². The first-order chi connectivity index (χ1) is 8.29. The van der Waals surface area contributed by atoms with Crippen molar-refractivity contribution < 1.29 is 4.74 Å². The van der Waals surface area contributed by atoms with Gasteiger partial charge >= 0.3 is 0 Å². The van der Waals surface area contributed by atoms with Crippen molar-refractivity contribution in [2.45, 2.75) is 45.6 Å². The molecule has 0 bridgehead atoms. The minimum Gasteiger partial charge on any atom is -0.381 e. The molecule has 1 aliphatic heterocycles. The van der Waals surface area contributed by atoms with E-state index >= 15 is 0 Å². The van der Waals surface area contributed by atoms with Gasteiger partial charge in [0.1, 0.15) is 5.82 Å². The van der Waals surface area contributed by atoms with Gasteiger partial charge in [-0.15, -0.1) is 0 Å². The highest BCUT2D eigenvalue weighted by molar-refractivity contribution is 7.09. The first kappa shape index (κ1) is 12.8. The smallest absolute Gasteiger partial charge is 0.202 e. The van der Waals surface area contributed by atoms with Crippen LogP contribution in [0.4, 0.5) is 5.13 Å². The van der Waals surface area contributed by atoms with Crippen LogP contribution in [-0.4, -0.2) is 28.6 Å². The molecular formula is C12H21N3OS. The van der Waals surface area contributed by atoms with E-state index in [1.807, 2.05) is 0 Å². The van der Waals surface area contributed by atoms with Gasteiger partial charge in [-0.25, -0.2) is 4.98 Å². The molecule has 0 aromatic carbocycles. The molecule has 1 saturated heterocycles. The third-order valence-corrected chi connectivity index (χ3v) is 3.95. The quantitative estimate of drug-likeness (QED) is 0.879. The summed E-state index contributed by atoms with van der Waals surface area (Å²) in [6.45, 7) is 6.18. The Morgan fingerprint density at radius 2 is 2.24 bits per heavy atom. The predicted molar refractivity (Wildman–Crippen MR) is 70.5 cm³/mol. The van der Waals surface area contributed by atoms with Gasteiger partial charge in [0.25, 0.3) is 0 Å². The molecule has 1 N–H and O–H groups in total. The zero-order valence-corrected chi connectivity index (χ0v) is 11.4. The Morgan fingerprint density at radius 1 is 1.47 bits per heavy atom. The zero-order chi connectivity index (χ0) is 12.1. The number of aromatic nitrogens is 2. The second kappa shape index (κ2) is 6.31. The first-order valence-corrected chi connectivity index (χ1v) is 7.23. The van der Waals surface area contributed by atoms with Crippen LogP contribution < -0.4 is 5.32 Å². The summed E-state index contributed by atoms with van der Waals surface area (Å²) >= 11 is 1.48. The van der Waals surface area contributed by atoms with Crippen LogP contribution in [0.1, 0.15) is 38.9 Å². The summed E-state index contributed by atoms with van der Waals surface area (Å²) in [7, 11) is 0. The number of aryl methyl sites for hydroxylation is 1. The van der Waals surface area contributed by atoms with Crippen LogP contribution in [0.15, 0.2) is 0 Å². The molecule has 1 unspecified atom stereocenters. The standard InChI is InChI=1S/C12H21N3OS/c1-3-4-11-14-12(17-15-11)13-9(2)10-5-7-16-8-6-10/h9-10H,3-8H2,1-2H3,(H,13,14,15). The van der Waals surface area contributed by atoms with Crippen LogP contribution in [0.5, 0.6) is 0 Å². The minimum atomic E-state index is 0.460. The summed E-state index contributed by atoms with van der Waals surface area (Å²) in [5, 5.41) is 4.44. The minimum absolute atomic E-state index is 0.460. The fourth-order valence-electron chi connectivity index (χ4n) is 2.17. The van der Waals surface area contributed by atoms with Gasteiger partial charge in [0.15, 0.2) is 0 Å². The zero-order valence-electron chi connectivity index (χ0n) is 10.6. The molecule has 17 heavy (non-hydrogen) atoms. The van der Waals surface area contributed by atoms with Crippen molar-refractivity contribution in [1.29, 1.82) is 0 Å². The first-order valence-electron chi connectivity index (χ1n) is 6.46. The second-order valence-corrected chi connectivity index (χ2v) is 5.40. The lowest BCUT2D eigenvalue weighted by molar-refractivity contribution is 0.0622. The molecular weight excluding hydrogens is 234 g/mol. The van der Waals surface area contributed by atoms with E-state index in [1.165, 1.54) is 11.5 Å². The lowest BCUT2D eigenvalue weighted by Gasteiger charge is -2.28. The lowest BCUT2D eigenvalue weighted by atomic mass is 9.93. The van der Waals surface area contributed by atoms with E-state index in [-0.39, 0.29) is 0 Å². The fraction of sp³-hybridized carbons (Fsp3) is 0.833. The number of rotatable bonds is 5. The van der Waals surface area contributed by atoms with E-state index in [4.69, 9.17) is 4.74 Å². The van der Waals surface area contributed by atoms with Gasteiger partial charge in [-0.3, -0.25) is 0 Å². The number of hydrogen-bond acceptors (Lipinski definition) is 5. The average Bonchev–Trinajstić information content (AvgIpc) is 2.78. The Bertz CT molecular complexity index is 336. The van der Waals surface area contributed by atoms with Crippen LogP contribution >= 0.6 is 11.5 Å². The van der Waals surface area contributed by atoms with Crippen LogP contribution in [0, 0.1) is 5.92 Å². The molecule has 1 atom stereocenters. The van der Waals surface area contributed by atoms with E-state index in [0.29, 0.717) is 12.0 Å². The van der Waals surface area contributed by atoms with Gasteiger partial charge in [0, 0.05) is 37.2 Å². The molecule has 0 amide bonds. The summed E-state index contributed by atoms with van der Waals surface area (Å²) < 4.78 is 9.73. The number of nitrogens with one attached hydrogen (secondary N) is 1. The molecule has 0 aliphatic carbocycles. The van der Waals surface area contributed by atoms with Crippen molar-refractivity contribution in [3.8, 4) is 0 Å². The molecule has 96 valence electrons. The van der Waals surface area contributed by atoms with Gasteiger partial charge in [-0.05, 0) is 32.1 Å². The molecule has 2 rings (SSSR count). The monoisotopic (exact) mass is 255 g/mol. The number of ether oxygens (including phenoxy) is 1. The molecule has 0 radical (unpaired) electrons. The maximum absolute atomic E-state index is 5.38. The molecule has 1 fully saturated rings. The van der Waals surface area contributed by atoms with Crippen molar-refractivity contribution in [3.05, 3.63) is 5.82 Å². The highest BCUT2D eigenvalue weighted by Crippen LogP contribution is 2.22. The van der Waals surface area contributed by atoms with Crippen LogP contribution in [-0.2, 0) is 11.2 Å². The molecule has 2 heterocycles. The molecule has 5 heteroatoms. The molecule has 4 nitrogen and oxygen atoms in total. The number of hydrogen-bond donors (Lipinski definition) is 1. The van der Waals surface area contributed by atoms with E-state index in [1.54, 1.807) is 0 Å². The topological polar surface area (TPSA) is 47.0 Å². The van der Waals surface area contributed by atoms with Crippen LogP contribution in [0.3, 0.4) is 0 Å². The summed E-state index contributed by atoms with van der Waals surface area (Å²) in [4.78, 5) is 4.50. The van der Waals surface area contributed by atoms with E-state index in [0.717, 1.165) is 49.9 Å². The van der Waals surface area contributed by atoms with Gasteiger partial charge < -0.3 is 10.1 Å². The maximum atomic E-state index is 5.38. The van der Waals surface area contributed by atoms with Crippen LogP contribution in [0.2, 0.25) is 0 Å². The molecule has 1 aromatic rings. The van der Waals surface area contributed by atoms with Crippen molar-refractivity contribution >= 4 is 16.7 Å². The summed E-state index contributed by atoms with van der Waals surface area (Å²) in [6.07, 6.45) is 4.37. The van der Waals surface area contributed by atoms with Crippen LogP contribution in [0.25, 0.3) is 0 Å². The molecule has 1 aromatic heterocycles.